The molecule has 3 saturated carbocycles. The Labute approximate surface area is 73.5 Å². The average molecular weight is 164 g/mol. The molecule has 3 fully saturated rings. The Morgan fingerprint density at radius 2 is 2.00 bits per heavy atom. The highest BCUT2D eigenvalue weighted by Crippen LogP contribution is 2.68. The van der Waals surface area contributed by atoms with E-state index in [9.17, 15) is 4.79 Å². The van der Waals surface area contributed by atoms with Gasteiger partial charge in [0.15, 0.2) is 0 Å². The minimum absolute atomic E-state index is 0.556. The average Bonchev–Trinajstić information content (AvgIpc) is 2.73. The molecule has 0 aromatic carbocycles. The van der Waals surface area contributed by atoms with Crippen molar-refractivity contribution in [1.82, 2.24) is 0 Å². The summed E-state index contributed by atoms with van der Waals surface area (Å²) in [7, 11) is 0. The van der Waals surface area contributed by atoms with E-state index in [0.29, 0.717) is 11.2 Å². The molecule has 12 heavy (non-hydrogen) atoms. The Hall–Kier alpha value is -0.330. The second-order valence-electron chi connectivity index (χ2n) is 5.02. The van der Waals surface area contributed by atoms with Crippen molar-refractivity contribution >= 4 is 5.78 Å². The van der Waals surface area contributed by atoms with E-state index in [0.717, 1.165) is 24.7 Å². The zero-order chi connectivity index (χ0) is 8.18. The van der Waals surface area contributed by atoms with Gasteiger partial charge in [-0.1, -0.05) is 12.8 Å². The van der Waals surface area contributed by atoms with Gasteiger partial charge in [0.25, 0.3) is 0 Å². The molecule has 66 valence electrons. The molecule has 0 heterocycles. The Morgan fingerprint density at radius 3 is 2.92 bits per heavy atom. The Bertz CT molecular complexity index is 233. The molecular weight excluding hydrogens is 148 g/mol. The maximum Gasteiger partial charge on any atom is 0.133 e. The summed E-state index contributed by atoms with van der Waals surface area (Å²) in [5.41, 5.74) is 0.701. The predicted molar refractivity (Wildman–Crippen MR) is 46.7 cm³/mol. The van der Waals surface area contributed by atoms with Crippen LogP contribution in [0.5, 0.6) is 0 Å². The minimum Gasteiger partial charge on any atom is -0.300 e. The van der Waals surface area contributed by atoms with Crippen molar-refractivity contribution in [2.24, 2.45) is 17.3 Å². The standard InChI is InChI=1S/C11H16O/c12-10-5-8-3-1-2-4-11(8)7-9(11)6-10/h8-9H,1-7H2. The van der Waals surface area contributed by atoms with Crippen molar-refractivity contribution < 1.29 is 4.79 Å². The summed E-state index contributed by atoms with van der Waals surface area (Å²) >= 11 is 0. The number of ketones is 1. The van der Waals surface area contributed by atoms with Crippen LogP contribution in [0.3, 0.4) is 0 Å². The second-order valence-corrected chi connectivity index (χ2v) is 5.02. The molecule has 3 aliphatic rings. The van der Waals surface area contributed by atoms with E-state index in [1.807, 2.05) is 0 Å². The van der Waals surface area contributed by atoms with Gasteiger partial charge in [-0.3, -0.25) is 4.79 Å². The van der Waals surface area contributed by atoms with Gasteiger partial charge < -0.3 is 0 Å². The number of carbonyl (C=O) groups is 1. The fourth-order valence-corrected chi connectivity index (χ4v) is 3.76. The maximum atomic E-state index is 11.4. The third-order valence-corrected chi connectivity index (χ3v) is 4.49. The van der Waals surface area contributed by atoms with E-state index >= 15 is 0 Å². The molecule has 0 saturated heterocycles. The summed E-state index contributed by atoms with van der Waals surface area (Å²) in [6, 6.07) is 0. The summed E-state index contributed by atoms with van der Waals surface area (Å²) in [6.45, 7) is 0. The van der Waals surface area contributed by atoms with Crippen LogP contribution < -0.4 is 0 Å². The van der Waals surface area contributed by atoms with E-state index in [2.05, 4.69) is 0 Å². The lowest BCUT2D eigenvalue weighted by Crippen LogP contribution is -2.29. The Morgan fingerprint density at radius 1 is 1.17 bits per heavy atom. The first-order chi connectivity index (χ1) is 5.81. The Kier molecular flexibility index (Phi) is 1.26. The van der Waals surface area contributed by atoms with E-state index in [1.54, 1.807) is 0 Å². The molecule has 0 aromatic heterocycles. The van der Waals surface area contributed by atoms with Gasteiger partial charge >= 0.3 is 0 Å². The third kappa shape index (κ3) is 0.773. The van der Waals surface area contributed by atoms with E-state index in [1.165, 1.54) is 32.1 Å². The van der Waals surface area contributed by atoms with Crippen LogP contribution in [0.15, 0.2) is 0 Å². The normalized spacial score (nSPS) is 51.2. The van der Waals surface area contributed by atoms with Gasteiger partial charge in [0.1, 0.15) is 5.78 Å². The van der Waals surface area contributed by atoms with Gasteiger partial charge in [0, 0.05) is 12.8 Å². The van der Waals surface area contributed by atoms with Crippen LogP contribution in [-0.2, 0) is 4.79 Å². The molecule has 1 spiro atoms. The molecule has 0 aromatic rings. The minimum atomic E-state index is 0.556. The van der Waals surface area contributed by atoms with Crippen molar-refractivity contribution in [3.63, 3.8) is 0 Å². The van der Waals surface area contributed by atoms with Crippen LogP contribution in [0.2, 0.25) is 0 Å². The highest BCUT2D eigenvalue weighted by atomic mass is 16.1. The van der Waals surface area contributed by atoms with E-state index < -0.39 is 0 Å². The predicted octanol–water partition coefficient (Wildman–Crippen LogP) is 2.55. The lowest BCUT2D eigenvalue weighted by molar-refractivity contribution is -0.123. The lowest BCUT2D eigenvalue weighted by Gasteiger charge is -2.35. The zero-order valence-corrected chi connectivity index (χ0v) is 7.51. The quantitative estimate of drug-likeness (QED) is 0.537. The maximum absolute atomic E-state index is 11.4. The highest BCUT2D eigenvalue weighted by Gasteiger charge is 2.61. The van der Waals surface area contributed by atoms with Crippen LogP contribution in [0, 0.1) is 17.3 Å². The first-order valence-electron chi connectivity index (χ1n) is 5.33. The van der Waals surface area contributed by atoms with Crippen LogP contribution in [0.1, 0.15) is 44.9 Å². The van der Waals surface area contributed by atoms with Crippen molar-refractivity contribution in [2.75, 3.05) is 0 Å². The molecule has 3 rings (SSSR count). The molecular formula is C11H16O. The number of hydrogen-bond donors (Lipinski definition) is 0. The highest BCUT2D eigenvalue weighted by molar-refractivity contribution is 5.81. The molecule has 3 unspecified atom stereocenters. The van der Waals surface area contributed by atoms with Crippen LogP contribution in [0.25, 0.3) is 0 Å². The molecule has 0 amide bonds. The van der Waals surface area contributed by atoms with Crippen molar-refractivity contribution in [2.45, 2.75) is 44.9 Å². The SMILES string of the molecule is O=C1CC2CCCCC23CC3C1. The van der Waals surface area contributed by atoms with Gasteiger partial charge in [-0.25, -0.2) is 0 Å². The zero-order valence-electron chi connectivity index (χ0n) is 7.51. The molecule has 3 aliphatic carbocycles. The van der Waals surface area contributed by atoms with Gasteiger partial charge in [0.2, 0.25) is 0 Å². The summed E-state index contributed by atoms with van der Waals surface area (Å²) in [5.74, 6) is 2.18. The fourth-order valence-electron chi connectivity index (χ4n) is 3.76. The van der Waals surface area contributed by atoms with Crippen molar-refractivity contribution in [1.29, 1.82) is 0 Å². The number of carbonyl (C=O) groups excluding carboxylic acids is 1. The lowest BCUT2D eigenvalue weighted by atomic mass is 9.69. The number of Topliss-reactive ketones (excluding diaryl/α,β-unsaturated/α-hetero) is 1. The third-order valence-electron chi connectivity index (χ3n) is 4.49. The monoisotopic (exact) mass is 164 g/mol. The molecule has 1 nitrogen and oxygen atoms in total. The number of hydrogen-bond acceptors (Lipinski definition) is 1. The fraction of sp³-hybridized carbons (Fsp3) is 0.909. The van der Waals surface area contributed by atoms with E-state index in [4.69, 9.17) is 0 Å². The van der Waals surface area contributed by atoms with Crippen LogP contribution >= 0.6 is 0 Å². The van der Waals surface area contributed by atoms with Gasteiger partial charge in [-0.15, -0.1) is 0 Å². The van der Waals surface area contributed by atoms with Gasteiger partial charge in [-0.2, -0.15) is 0 Å². The molecule has 0 bridgehead atoms. The summed E-state index contributed by atoms with van der Waals surface area (Å²) in [4.78, 5) is 11.4. The van der Waals surface area contributed by atoms with E-state index in [-0.39, 0.29) is 0 Å². The van der Waals surface area contributed by atoms with Crippen LogP contribution in [0.4, 0.5) is 0 Å². The Balaban J connectivity index is 1.86. The van der Waals surface area contributed by atoms with Crippen molar-refractivity contribution in [3.05, 3.63) is 0 Å². The first-order valence-corrected chi connectivity index (χ1v) is 5.33. The largest absolute Gasteiger partial charge is 0.300 e. The molecule has 1 heteroatoms. The first kappa shape index (κ1) is 7.11. The topological polar surface area (TPSA) is 17.1 Å². The summed E-state index contributed by atoms with van der Waals surface area (Å²) in [6.07, 6.45) is 8.85. The second kappa shape index (κ2) is 2.12. The molecule has 0 aliphatic heterocycles. The van der Waals surface area contributed by atoms with Crippen LogP contribution in [-0.4, -0.2) is 5.78 Å². The molecule has 0 N–H and O–H groups in total. The van der Waals surface area contributed by atoms with Gasteiger partial charge in [0.05, 0.1) is 0 Å². The van der Waals surface area contributed by atoms with Crippen molar-refractivity contribution in [3.8, 4) is 0 Å². The smallest absolute Gasteiger partial charge is 0.133 e. The molecule has 3 atom stereocenters. The summed E-state index contributed by atoms with van der Waals surface area (Å²) < 4.78 is 0. The number of rotatable bonds is 0. The summed E-state index contributed by atoms with van der Waals surface area (Å²) in [5, 5.41) is 0. The molecule has 0 radical (unpaired) electrons. The van der Waals surface area contributed by atoms with Gasteiger partial charge in [-0.05, 0) is 36.5 Å².